The van der Waals surface area contributed by atoms with Gasteiger partial charge in [-0.2, -0.15) is 0 Å². The van der Waals surface area contributed by atoms with Crippen LogP contribution < -0.4 is 0 Å². The summed E-state index contributed by atoms with van der Waals surface area (Å²) in [7, 11) is 0. The maximum Gasteiger partial charge on any atom is 0.124 e. The number of carbonyl (C=O) groups excluding carboxylic acids is 1. The number of fused-ring (bicyclic) bond motifs is 1. The fourth-order valence-electron chi connectivity index (χ4n) is 3.76. The lowest BCUT2D eigenvalue weighted by molar-refractivity contribution is -0.114. The zero-order valence-electron chi connectivity index (χ0n) is 10.7. The van der Waals surface area contributed by atoms with Crippen molar-refractivity contribution in [1.29, 1.82) is 0 Å². The van der Waals surface area contributed by atoms with Crippen molar-refractivity contribution in [3.8, 4) is 0 Å². The standard InChI is InChI=1S/C17H20O/c18-12-17-15-9-5-4-8-14(15)10-11-16(17)13-6-2-1-3-7-13/h1-3,6-7,10-12,14-17H,4-5,8-9H2/t14-,15+,16-,17-/m1/s1. The van der Waals surface area contributed by atoms with Crippen LogP contribution in [0.25, 0.3) is 0 Å². The van der Waals surface area contributed by atoms with Crippen molar-refractivity contribution in [1.82, 2.24) is 0 Å². The van der Waals surface area contributed by atoms with Crippen molar-refractivity contribution in [3.63, 3.8) is 0 Å². The smallest absolute Gasteiger partial charge is 0.124 e. The molecule has 2 aliphatic rings. The molecular formula is C17H20O. The molecule has 0 amide bonds. The Morgan fingerprint density at radius 1 is 1.00 bits per heavy atom. The molecule has 0 aromatic heterocycles. The van der Waals surface area contributed by atoms with Gasteiger partial charge in [-0.25, -0.2) is 0 Å². The molecule has 0 bridgehead atoms. The molecule has 0 aliphatic heterocycles. The minimum atomic E-state index is 0.183. The molecule has 1 aromatic carbocycles. The Balaban J connectivity index is 1.92. The quantitative estimate of drug-likeness (QED) is 0.565. The molecule has 0 radical (unpaired) electrons. The minimum absolute atomic E-state index is 0.183. The second kappa shape index (κ2) is 5.09. The van der Waals surface area contributed by atoms with Crippen molar-refractivity contribution in [2.75, 3.05) is 0 Å². The lowest BCUT2D eigenvalue weighted by Crippen LogP contribution is -2.33. The number of benzene rings is 1. The number of aldehydes is 1. The monoisotopic (exact) mass is 240 g/mol. The molecule has 1 nitrogen and oxygen atoms in total. The molecule has 2 aliphatic carbocycles. The van der Waals surface area contributed by atoms with Crippen LogP contribution in [0.2, 0.25) is 0 Å². The van der Waals surface area contributed by atoms with E-state index in [0.717, 1.165) is 0 Å². The summed E-state index contributed by atoms with van der Waals surface area (Å²) in [4.78, 5) is 11.6. The third-order valence-electron chi connectivity index (χ3n) is 4.69. The average molecular weight is 240 g/mol. The second-order valence-corrected chi connectivity index (χ2v) is 5.65. The molecule has 1 aromatic rings. The van der Waals surface area contributed by atoms with Gasteiger partial charge in [-0.3, -0.25) is 0 Å². The Morgan fingerprint density at radius 3 is 2.56 bits per heavy atom. The molecule has 3 rings (SSSR count). The molecule has 0 saturated heterocycles. The number of rotatable bonds is 2. The Kier molecular flexibility index (Phi) is 3.31. The van der Waals surface area contributed by atoms with E-state index in [1.165, 1.54) is 37.5 Å². The Labute approximate surface area is 109 Å². The van der Waals surface area contributed by atoms with Gasteiger partial charge in [0.1, 0.15) is 6.29 Å². The highest BCUT2D eigenvalue weighted by atomic mass is 16.1. The summed E-state index contributed by atoms with van der Waals surface area (Å²) in [6, 6.07) is 10.5. The lowest BCUT2D eigenvalue weighted by Gasteiger charge is -2.40. The molecule has 0 unspecified atom stereocenters. The number of carbonyl (C=O) groups is 1. The maximum atomic E-state index is 11.6. The lowest BCUT2D eigenvalue weighted by atomic mass is 9.64. The van der Waals surface area contributed by atoms with E-state index in [-0.39, 0.29) is 5.92 Å². The van der Waals surface area contributed by atoms with E-state index < -0.39 is 0 Å². The van der Waals surface area contributed by atoms with E-state index in [1.54, 1.807) is 0 Å². The zero-order valence-corrected chi connectivity index (χ0v) is 10.7. The van der Waals surface area contributed by atoms with Crippen LogP contribution in [0.3, 0.4) is 0 Å². The van der Waals surface area contributed by atoms with Gasteiger partial charge in [0.15, 0.2) is 0 Å². The van der Waals surface area contributed by atoms with Crippen LogP contribution in [-0.2, 0) is 4.79 Å². The van der Waals surface area contributed by atoms with E-state index >= 15 is 0 Å². The van der Waals surface area contributed by atoms with Crippen molar-refractivity contribution >= 4 is 6.29 Å². The fourth-order valence-corrected chi connectivity index (χ4v) is 3.76. The second-order valence-electron chi connectivity index (χ2n) is 5.65. The van der Waals surface area contributed by atoms with Crippen molar-refractivity contribution < 1.29 is 4.79 Å². The molecule has 0 heterocycles. The number of allylic oxidation sites excluding steroid dienone is 2. The van der Waals surface area contributed by atoms with Gasteiger partial charge in [0.2, 0.25) is 0 Å². The molecule has 1 saturated carbocycles. The van der Waals surface area contributed by atoms with Crippen LogP contribution in [0.5, 0.6) is 0 Å². The summed E-state index contributed by atoms with van der Waals surface area (Å²) in [6.45, 7) is 0. The average Bonchev–Trinajstić information content (AvgIpc) is 2.47. The first-order valence-corrected chi connectivity index (χ1v) is 7.08. The summed E-state index contributed by atoms with van der Waals surface area (Å²) >= 11 is 0. The van der Waals surface area contributed by atoms with Crippen molar-refractivity contribution in [3.05, 3.63) is 48.0 Å². The first-order valence-electron chi connectivity index (χ1n) is 7.08. The molecular weight excluding hydrogens is 220 g/mol. The fraction of sp³-hybridized carbons (Fsp3) is 0.471. The molecule has 1 heteroatoms. The van der Waals surface area contributed by atoms with Gasteiger partial charge in [-0.1, -0.05) is 55.3 Å². The van der Waals surface area contributed by atoms with Crippen LogP contribution in [-0.4, -0.2) is 6.29 Å². The summed E-state index contributed by atoms with van der Waals surface area (Å²) in [6.07, 6.45) is 11.0. The minimum Gasteiger partial charge on any atom is -0.303 e. The first kappa shape index (κ1) is 11.7. The predicted molar refractivity (Wildman–Crippen MR) is 73.3 cm³/mol. The first-order chi connectivity index (χ1) is 8.90. The van der Waals surface area contributed by atoms with Gasteiger partial charge >= 0.3 is 0 Å². The molecule has 18 heavy (non-hydrogen) atoms. The van der Waals surface area contributed by atoms with E-state index in [4.69, 9.17) is 0 Å². The highest BCUT2D eigenvalue weighted by Crippen LogP contribution is 2.45. The number of hydrogen-bond donors (Lipinski definition) is 0. The number of hydrogen-bond acceptors (Lipinski definition) is 1. The predicted octanol–water partition coefficient (Wildman–Crippen LogP) is 3.96. The van der Waals surface area contributed by atoms with E-state index in [9.17, 15) is 4.79 Å². The van der Waals surface area contributed by atoms with Crippen LogP contribution >= 0.6 is 0 Å². The summed E-state index contributed by atoms with van der Waals surface area (Å²) in [5.41, 5.74) is 1.29. The largest absolute Gasteiger partial charge is 0.303 e. The van der Waals surface area contributed by atoms with E-state index in [1.807, 2.05) is 6.07 Å². The Hall–Kier alpha value is -1.37. The topological polar surface area (TPSA) is 17.1 Å². The zero-order chi connectivity index (χ0) is 12.4. The Bertz CT molecular complexity index is 434. The van der Waals surface area contributed by atoms with Crippen molar-refractivity contribution in [2.24, 2.45) is 17.8 Å². The normalized spacial score (nSPS) is 34.9. The van der Waals surface area contributed by atoms with Crippen molar-refractivity contribution in [2.45, 2.75) is 31.6 Å². The molecule has 4 atom stereocenters. The molecule has 1 fully saturated rings. The van der Waals surface area contributed by atoms with Gasteiger partial charge in [-0.05, 0) is 30.2 Å². The maximum absolute atomic E-state index is 11.6. The summed E-state index contributed by atoms with van der Waals surface area (Å²) in [5, 5.41) is 0. The third-order valence-corrected chi connectivity index (χ3v) is 4.69. The third kappa shape index (κ3) is 2.03. The van der Waals surface area contributed by atoms with Gasteiger partial charge in [0, 0.05) is 11.8 Å². The van der Waals surface area contributed by atoms with Crippen LogP contribution in [0.4, 0.5) is 0 Å². The van der Waals surface area contributed by atoms with Crippen LogP contribution in [0.1, 0.15) is 37.2 Å². The van der Waals surface area contributed by atoms with Gasteiger partial charge in [0.05, 0.1) is 0 Å². The van der Waals surface area contributed by atoms with E-state index in [2.05, 4.69) is 36.4 Å². The van der Waals surface area contributed by atoms with Gasteiger partial charge in [0.25, 0.3) is 0 Å². The SMILES string of the molecule is O=C[C@@H]1[C@H]2CCCC[C@@H]2C=C[C@@H]1c1ccccc1. The summed E-state index contributed by atoms with van der Waals surface area (Å²) in [5.74, 6) is 1.70. The highest BCUT2D eigenvalue weighted by Gasteiger charge is 2.37. The Morgan fingerprint density at radius 2 is 1.78 bits per heavy atom. The molecule has 0 N–H and O–H groups in total. The van der Waals surface area contributed by atoms with Crippen LogP contribution in [0, 0.1) is 17.8 Å². The van der Waals surface area contributed by atoms with Crippen LogP contribution in [0.15, 0.2) is 42.5 Å². The van der Waals surface area contributed by atoms with Gasteiger partial charge < -0.3 is 4.79 Å². The van der Waals surface area contributed by atoms with Gasteiger partial charge in [-0.15, -0.1) is 0 Å². The molecule has 0 spiro atoms. The van der Waals surface area contributed by atoms with E-state index in [0.29, 0.717) is 17.8 Å². The highest BCUT2D eigenvalue weighted by molar-refractivity contribution is 5.58. The summed E-state index contributed by atoms with van der Waals surface area (Å²) < 4.78 is 0. The molecule has 94 valence electrons.